The third kappa shape index (κ3) is 13.5. The Hall–Kier alpha value is -14.7. The molecular weight excluding hydrogens is 1540 g/mol. The van der Waals surface area contributed by atoms with Crippen molar-refractivity contribution in [1.29, 1.82) is 0 Å². The lowest BCUT2D eigenvalue weighted by Gasteiger charge is -2.18. The Balaban J connectivity index is 0.000000120. The molecule has 0 N–H and O–H groups in total. The first-order chi connectivity index (χ1) is 60.4. The minimum atomic E-state index is 1.02. The average Bonchev–Trinajstić information content (AvgIpc) is 0.957. The molecule has 1 aliphatic rings. The number of benzene rings is 20. The van der Waals surface area contributed by atoms with Crippen LogP contribution in [-0.2, 0) is 6.42 Å². The highest BCUT2D eigenvalue weighted by Gasteiger charge is 2.24. The third-order valence-electron chi connectivity index (χ3n) is 24.8. The number of hydrogen-bond donors (Lipinski definition) is 0. The Labute approximate surface area is 719 Å². The predicted octanol–water partition coefficient (Wildman–Crippen LogP) is 33.5. The standard InChI is InChI=1S/C56H36N2.C31H21N.C26H17Br.C5H12/c1-3-15-37(16-4-1)55-46-21-7-9-23-48(46)56(49-24-10-8-22-47(49)55)38-27-31-42(32-28-38)58-51-25-13-11-19-43(51)45-33-29-40(36-54(45)58)39-30-34-53-50(35-39)44-20-12-14-26-52(44)57(53)41-17-5-2-6-18-41;1-2-9-25(10-3-1)32-30-13-7-6-12-28(30)29-20-22(15-17-31(29)32)21-14-16-27-24(18-21)19-23-8-4-5-11-26(23)27;27-20-16-14-19(15-17-20)26-23-12-6-4-10-21(23)25(18-8-2-1-3-9-18)22-11-5-7-13-24(22)26;1-3-5-4-2/h1-36H;1-18,20H,19H2;1-17H;3-5H2,1-2H3. The van der Waals surface area contributed by atoms with Crippen LogP contribution in [0.25, 0.3) is 203 Å². The molecule has 3 aromatic heterocycles. The Bertz CT molecular complexity index is 7750. The first-order valence-corrected chi connectivity index (χ1v) is 43.5. The van der Waals surface area contributed by atoms with Gasteiger partial charge in [-0.2, -0.15) is 0 Å². The highest BCUT2D eigenvalue weighted by Crippen LogP contribution is 2.48. The largest absolute Gasteiger partial charge is 0.309 e. The molecule has 1 aliphatic carbocycles. The van der Waals surface area contributed by atoms with Crippen molar-refractivity contribution in [2.75, 3.05) is 0 Å². The SMILES string of the molecule is Brc1ccc(-c2c3ccccc3c(-c3ccccc3)c3ccccc23)cc1.CCCCC.c1ccc(-c2c3ccccc3c(-c3ccc(-n4c5ccccc5c5ccc(-c6ccc7c(c6)c6ccccc6n7-c6ccccc6)cc54)cc3)c3ccccc23)cc1.c1ccc(-n2c3ccccc3c3cc(-c4ccc5c(c4)Cc4ccccc4-5)ccc32)cc1. The highest BCUT2D eigenvalue weighted by atomic mass is 79.9. The Morgan fingerprint density at radius 1 is 0.197 bits per heavy atom. The van der Waals surface area contributed by atoms with Crippen LogP contribution >= 0.6 is 15.9 Å². The minimum Gasteiger partial charge on any atom is -0.309 e. The summed E-state index contributed by atoms with van der Waals surface area (Å²) < 4.78 is 8.28. The van der Waals surface area contributed by atoms with Gasteiger partial charge in [0.25, 0.3) is 0 Å². The Morgan fingerprint density at radius 3 is 0.893 bits per heavy atom. The first-order valence-electron chi connectivity index (χ1n) is 42.7. The van der Waals surface area contributed by atoms with Crippen molar-refractivity contribution in [2.45, 2.75) is 39.5 Å². The fraction of sp³-hybridized carbons (Fsp3) is 0.0508. The lowest BCUT2D eigenvalue weighted by Crippen LogP contribution is -1.95. The van der Waals surface area contributed by atoms with E-state index in [1.807, 2.05) is 0 Å². The van der Waals surface area contributed by atoms with Gasteiger partial charge in [0.1, 0.15) is 0 Å². The zero-order valence-corrected chi connectivity index (χ0v) is 69.7. The molecule has 0 aliphatic heterocycles. The molecule has 23 aromatic rings. The van der Waals surface area contributed by atoms with E-state index in [1.54, 1.807) is 0 Å². The quantitative estimate of drug-likeness (QED) is 0.115. The smallest absolute Gasteiger partial charge is 0.0547 e. The molecule has 3 heterocycles. The molecule has 24 rings (SSSR count). The second-order valence-corrected chi connectivity index (χ2v) is 32.9. The predicted molar refractivity (Wildman–Crippen MR) is 526 cm³/mol. The molecule has 20 aromatic carbocycles. The van der Waals surface area contributed by atoms with E-state index in [1.165, 1.54) is 228 Å². The second kappa shape index (κ2) is 32.6. The summed E-state index contributed by atoms with van der Waals surface area (Å²) in [5.74, 6) is 0. The molecule has 0 radical (unpaired) electrons. The zero-order valence-electron chi connectivity index (χ0n) is 68.1. The third-order valence-corrected chi connectivity index (χ3v) is 25.3. The van der Waals surface area contributed by atoms with Crippen LogP contribution in [0.5, 0.6) is 0 Å². The first kappa shape index (κ1) is 74.8. The normalized spacial score (nSPS) is 11.6. The number of para-hydroxylation sites is 5. The number of aromatic nitrogens is 3. The molecule has 0 fully saturated rings. The van der Waals surface area contributed by atoms with Crippen molar-refractivity contribution in [3.63, 3.8) is 0 Å². The van der Waals surface area contributed by atoms with Gasteiger partial charge in [0.2, 0.25) is 0 Å². The average molecular weight is 1630 g/mol. The fourth-order valence-electron chi connectivity index (χ4n) is 19.2. The van der Waals surface area contributed by atoms with Crippen molar-refractivity contribution in [3.8, 4) is 95.0 Å². The van der Waals surface area contributed by atoms with E-state index in [9.17, 15) is 0 Å². The molecule has 0 spiro atoms. The summed E-state index contributed by atoms with van der Waals surface area (Å²) in [5.41, 5.74) is 31.5. The van der Waals surface area contributed by atoms with E-state index < -0.39 is 0 Å². The van der Waals surface area contributed by atoms with Crippen LogP contribution in [0.15, 0.2) is 441 Å². The van der Waals surface area contributed by atoms with Crippen molar-refractivity contribution in [1.82, 2.24) is 13.7 Å². The van der Waals surface area contributed by atoms with Crippen LogP contribution in [0.2, 0.25) is 0 Å². The lowest BCUT2D eigenvalue weighted by atomic mass is 9.86. The van der Waals surface area contributed by atoms with Crippen LogP contribution < -0.4 is 0 Å². The van der Waals surface area contributed by atoms with Crippen molar-refractivity contribution in [2.24, 2.45) is 0 Å². The van der Waals surface area contributed by atoms with E-state index in [4.69, 9.17) is 0 Å². The lowest BCUT2D eigenvalue weighted by molar-refractivity contribution is 0.772. The van der Waals surface area contributed by atoms with Crippen molar-refractivity contribution in [3.05, 3.63) is 452 Å². The molecule has 580 valence electrons. The van der Waals surface area contributed by atoms with E-state index in [0.29, 0.717) is 0 Å². The summed E-state index contributed by atoms with van der Waals surface area (Å²) in [6.45, 7) is 4.42. The van der Waals surface area contributed by atoms with Gasteiger partial charge < -0.3 is 13.7 Å². The monoisotopic (exact) mass is 1620 g/mol. The maximum atomic E-state index is 3.56. The van der Waals surface area contributed by atoms with Gasteiger partial charge in [0, 0.05) is 53.9 Å². The number of unbranched alkanes of at least 4 members (excludes halogenated alkanes) is 2. The van der Waals surface area contributed by atoms with E-state index in [2.05, 4.69) is 480 Å². The molecule has 122 heavy (non-hydrogen) atoms. The van der Waals surface area contributed by atoms with Crippen LogP contribution in [0.3, 0.4) is 0 Å². The highest BCUT2D eigenvalue weighted by molar-refractivity contribution is 9.10. The number of fused-ring (bicyclic) bond motifs is 16. The molecule has 0 saturated heterocycles. The van der Waals surface area contributed by atoms with Crippen LogP contribution in [-0.4, -0.2) is 13.7 Å². The number of nitrogens with zero attached hydrogens (tertiary/aromatic N) is 3. The minimum absolute atomic E-state index is 1.02. The van der Waals surface area contributed by atoms with E-state index in [-0.39, 0.29) is 0 Å². The van der Waals surface area contributed by atoms with Crippen molar-refractivity contribution < 1.29 is 0 Å². The van der Waals surface area contributed by atoms with Crippen LogP contribution in [0, 0.1) is 0 Å². The zero-order chi connectivity index (χ0) is 81.6. The molecule has 0 bridgehead atoms. The summed E-state index contributed by atoms with van der Waals surface area (Å²) in [6.07, 6.45) is 5.10. The van der Waals surface area contributed by atoms with Gasteiger partial charge in [-0.3, -0.25) is 0 Å². The Morgan fingerprint density at radius 2 is 0.475 bits per heavy atom. The Kier molecular flexibility index (Phi) is 20.0. The fourth-order valence-corrected chi connectivity index (χ4v) is 19.5. The molecule has 0 saturated carbocycles. The molecule has 0 atom stereocenters. The van der Waals surface area contributed by atoms with Crippen molar-refractivity contribution >= 4 is 124 Å². The van der Waals surface area contributed by atoms with Gasteiger partial charge in [0.15, 0.2) is 0 Å². The molecule has 3 nitrogen and oxygen atoms in total. The maximum Gasteiger partial charge on any atom is 0.0547 e. The summed E-state index contributed by atoms with van der Waals surface area (Å²) in [6, 6.07) is 159. The summed E-state index contributed by atoms with van der Waals surface area (Å²) >= 11 is 3.56. The van der Waals surface area contributed by atoms with Gasteiger partial charge in [-0.1, -0.05) is 389 Å². The van der Waals surface area contributed by atoms with E-state index >= 15 is 0 Å². The van der Waals surface area contributed by atoms with Gasteiger partial charge in [-0.05, 0) is 236 Å². The number of hydrogen-bond acceptors (Lipinski definition) is 0. The molecule has 0 unspecified atom stereocenters. The molecular formula is C118H86BrN3. The maximum absolute atomic E-state index is 3.56. The number of halogens is 1. The topological polar surface area (TPSA) is 14.8 Å². The van der Waals surface area contributed by atoms with Crippen LogP contribution in [0.1, 0.15) is 44.2 Å². The number of rotatable bonds is 11. The van der Waals surface area contributed by atoms with Gasteiger partial charge in [-0.15, -0.1) is 0 Å². The van der Waals surface area contributed by atoms with Gasteiger partial charge in [0.05, 0.1) is 33.1 Å². The van der Waals surface area contributed by atoms with E-state index in [0.717, 1.165) is 16.6 Å². The molecule has 0 amide bonds. The summed E-state index contributed by atoms with van der Waals surface area (Å²) in [4.78, 5) is 0. The summed E-state index contributed by atoms with van der Waals surface area (Å²) in [5, 5.41) is 17.8. The van der Waals surface area contributed by atoms with Gasteiger partial charge >= 0.3 is 0 Å². The second-order valence-electron chi connectivity index (χ2n) is 32.0. The van der Waals surface area contributed by atoms with Gasteiger partial charge in [-0.25, -0.2) is 0 Å². The van der Waals surface area contributed by atoms with Crippen LogP contribution in [0.4, 0.5) is 0 Å². The summed E-state index contributed by atoms with van der Waals surface area (Å²) in [7, 11) is 0. The molecule has 4 heteroatoms.